The van der Waals surface area contributed by atoms with Crippen LogP contribution in [-0.4, -0.2) is 50.3 Å². The van der Waals surface area contributed by atoms with Crippen LogP contribution in [0.5, 0.6) is 0 Å². The average molecular weight is 533 g/mol. The number of hydrogen-bond acceptors (Lipinski definition) is 8. The first-order valence-electron chi connectivity index (χ1n) is 11.9. The Bertz CT molecular complexity index is 1110. The van der Waals surface area contributed by atoms with Crippen molar-refractivity contribution in [2.45, 2.75) is 45.4 Å². The molecule has 0 aliphatic carbocycles. The molecule has 1 heterocycles. The van der Waals surface area contributed by atoms with Gasteiger partial charge in [0.2, 0.25) is 5.91 Å². The largest absolute Gasteiger partial charge is 0.469 e. The van der Waals surface area contributed by atoms with E-state index in [1.807, 2.05) is 60.7 Å². The molecule has 0 saturated carbocycles. The van der Waals surface area contributed by atoms with Crippen molar-refractivity contribution in [3.63, 3.8) is 0 Å². The Hall–Kier alpha value is -3.04. The van der Waals surface area contributed by atoms with Crippen LogP contribution in [0.4, 0.5) is 0 Å². The molecule has 2 N–H and O–H groups in total. The number of rotatable bonds is 11. The van der Waals surface area contributed by atoms with Crippen LogP contribution in [0.3, 0.4) is 0 Å². The second-order valence-electron chi connectivity index (χ2n) is 9.33. The van der Waals surface area contributed by atoms with Crippen molar-refractivity contribution in [2.24, 2.45) is 5.41 Å². The topological polar surface area (TPSA) is 129 Å². The number of benzene rings is 2. The molecule has 1 unspecified atom stereocenters. The van der Waals surface area contributed by atoms with Crippen LogP contribution in [-0.2, 0) is 50.5 Å². The number of esters is 2. The van der Waals surface area contributed by atoms with Gasteiger partial charge >= 0.3 is 19.7 Å². The van der Waals surface area contributed by atoms with Crippen LogP contribution in [0.1, 0.15) is 31.4 Å². The van der Waals surface area contributed by atoms with E-state index in [1.165, 1.54) is 7.11 Å². The summed E-state index contributed by atoms with van der Waals surface area (Å²) in [4.78, 5) is 37.3. The van der Waals surface area contributed by atoms with Gasteiger partial charge in [0.15, 0.2) is 6.10 Å². The first-order valence-corrected chi connectivity index (χ1v) is 13.5. The quantitative estimate of drug-likeness (QED) is 0.331. The fourth-order valence-electron chi connectivity index (χ4n) is 3.64. The van der Waals surface area contributed by atoms with Gasteiger partial charge in [0, 0.05) is 12.0 Å². The maximum atomic E-state index is 13.6. The molecular weight excluding hydrogens is 499 g/mol. The van der Waals surface area contributed by atoms with Crippen molar-refractivity contribution in [3.8, 4) is 0 Å². The van der Waals surface area contributed by atoms with Crippen LogP contribution in [0.15, 0.2) is 60.7 Å². The van der Waals surface area contributed by atoms with Gasteiger partial charge in [-0.2, -0.15) is 0 Å². The Kier molecular flexibility index (Phi) is 10.00. The summed E-state index contributed by atoms with van der Waals surface area (Å²) in [5, 5.41) is 5.31. The smallest absolute Gasteiger partial charge is 0.407 e. The Balaban J connectivity index is 1.72. The molecule has 2 aromatic carbocycles. The molecule has 1 fully saturated rings. The minimum absolute atomic E-state index is 0.0196. The summed E-state index contributed by atoms with van der Waals surface area (Å²) in [6.07, 6.45) is -1.02. The molecule has 3 atom stereocenters. The van der Waals surface area contributed by atoms with Crippen LogP contribution >= 0.6 is 7.75 Å². The lowest BCUT2D eigenvalue weighted by Crippen LogP contribution is -2.52. The Labute approximate surface area is 216 Å². The van der Waals surface area contributed by atoms with E-state index in [2.05, 4.69) is 15.1 Å². The predicted octanol–water partition coefficient (Wildman–Crippen LogP) is 3.16. The molecule has 3 rings (SSSR count). The SMILES string of the molecule is COC(=O)CCNC(=O)[C@@H]1OP(=O)(N[C@@H](Cc2ccccc2)C(=O)OCc2ccccc2)OCC1(C)C. The molecule has 0 radical (unpaired) electrons. The predicted molar refractivity (Wildman–Crippen MR) is 135 cm³/mol. The number of hydrogen-bond donors (Lipinski definition) is 2. The lowest BCUT2D eigenvalue weighted by Gasteiger charge is -2.40. The van der Waals surface area contributed by atoms with Gasteiger partial charge in [-0.15, -0.1) is 0 Å². The monoisotopic (exact) mass is 532 g/mol. The van der Waals surface area contributed by atoms with Crippen LogP contribution in [0.25, 0.3) is 0 Å². The van der Waals surface area contributed by atoms with E-state index in [4.69, 9.17) is 13.8 Å². The van der Waals surface area contributed by atoms with Crippen molar-refractivity contribution in [2.75, 3.05) is 20.3 Å². The van der Waals surface area contributed by atoms with Gasteiger partial charge in [-0.3, -0.25) is 23.4 Å². The van der Waals surface area contributed by atoms with E-state index < -0.39 is 43.2 Å². The number of carbonyl (C=O) groups excluding carboxylic acids is 3. The second kappa shape index (κ2) is 13.0. The van der Waals surface area contributed by atoms with Crippen LogP contribution in [0.2, 0.25) is 0 Å². The fourth-order valence-corrected chi connectivity index (χ4v) is 5.58. The minimum Gasteiger partial charge on any atom is -0.469 e. The van der Waals surface area contributed by atoms with Gasteiger partial charge in [-0.05, 0) is 17.5 Å². The van der Waals surface area contributed by atoms with Gasteiger partial charge in [0.1, 0.15) is 12.6 Å². The molecular formula is C26H33N2O8P. The molecule has 37 heavy (non-hydrogen) atoms. The average Bonchev–Trinajstić information content (AvgIpc) is 2.89. The van der Waals surface area contributed by atoms with Crippen molar-refractivity contribution in [1.29, 1.82) is 0 Å². The maximum absolute atomic E-state index is 13.6. The highest BCUT2D eigenvalue weighted by atomic mass is 31.2. The second-order valence-corrected chi connectivity index (χ2v) is 11.0. The van der Waals surface area contributed by atoms with E-state index in [-0.39, 0.29) is 32.6 Å². The highest BCUT2D eigenvalue weighted by molar-refractivity contribution is 7.51. The summed E-state index contributed by atoms with van der Waals surface area (Å²) in [5.41, 5.74) is 0.780. The van der Waals surface area contributed by atoms with Gasteiger partial charge in [0.25, 0.3) is 0 Å². The lowest BCUT2D eigenvalue weighted by atomic mass is 9.87. The Morgan fingerprint density at radius 1 is 1.05 bits per heavy atom. The Morgan fingerprint density at radius 3 is 2.30 bits per heavy atom. The van der Waals surface area contributed by atoms with Crippen molar-refractivity contribution in [1.82, 2.24) is 10.4 Å². The third-order valence-electron chi connectivity index (χ3n) is 5.76. The van der Waals surface area contributed by atoms with E-state index in [9.17, 15) is 18.9 Å². The summed E-state index contributed by atoms with van der Waals surface area (Å²) in [7, 11) is -2.85. The molecule has 0 spiro atoms. The van der Waals surface area contributed by atoms with Gasteiger partial charge in [-0.1, -0.05) is 74.5 Å². The molecule has 200 valence electrons. The molecule has 0 aromatic heterocycles. The van der Waals surface area contributed by atoms with Gasteiger partial charge < -0.3 is 14.8 Å². The third kappa shape index (κ3) is 8.50. The third-order valence-corrected chi connectivity index (χ3v) is 7.34. The normalized spacial score (nSPS) is 21.4. The zero-order valence-electron chi connectivity index (χ0n) is 21.2. The highest BCUT2D eigenvalue weighted by Crippen LogP contribution is 2.53. The zero-order valence-corrected chi connectivity index (χ0v) is 22.1. The van der Waals surface area contributed by atoms with Crippen molar-refractivity contribution >= 4 is 25.6 Å². The van der Waals surface area contributed by atoms with Crippen LogP contribution < -0.4 is 10.4 Å². The molecule has 1 aliphatic rings. The lowest BCUT2D eigenvalue weighted by molar-refractivity contribution is -0.147. The Morgan fingerprint density at radius 2 is 1.68 bits per heavy atom. The van der Waals surface area contributed by atoms with Gasteiger partial charge in [0.05, 0.1) is 20.1 Å². The van der Waals surface area contributed by atoms with E-state index in [1.54, 1.807) is 13.8 Å². The number of methoxy groups -OCH3 is 1. The fraction of sp³-hybridized carbons (Fsp3) is 0.423. The molecule has 1 saturated heterocycles. The number of carbonyl (C=O) groups is 3. The number of amides is 1. The first kappa shape index (κ1) is 28.5. The highest BCUT2D eigenvalue weighted by Gasteiger charge is 2.49. The van der Waals surface area contributed by atoms with E-state index >= 15 is 0 Å². The zero-order chi connectivity index (χ0) is 26.9. The summed E-state index contributed by atoms with van der Waals surface area (Å²) >= 11 is 0. The molecule has 0 bridgehead atoms. The summed E-state index contributed by atoms with van der Waals surface area (Å²) in [6.45, 7) is 3.47. The number of ether oxygens (including phenoxy) is 2. The first-order chi connectivity index (χ1) is 17.6. The maximum Gasteiger partial charge on any atom is 0.407 e. The van der Waals surface area contributed by atoms with Crippen LogP contribution in [0, 0.1) is 5.41 Å². The van der Waals surface area contributed by atoms with Crippen molar-refractivity contribution < 1.29 is 37.5 Å². The van der Waals surface area contributed by atoms with E-state index in [0.29, 0.717) is 0 Å². The molecule has 11 heteroatoms. The van der Waals surface area contributed by atoms with E-state index in [0.717, 1.165) is 11.1 Å². The van der Waals surface area contributed by atoms with Crippen molar-refractivity contribution in [3.05, 3.63) is 71.8 Å². The molecule has 1 amide bonds. The van der Waals surface area contributed by atoms with Gasteiger partial charge in [-0.25, -0.2) is 9.65 Å². The molecule has 2 aromatic rings. The molecule has 1 aliphatic heterocycles. The standard InChI is InChI=1S/C26H33N2O8P/c1-26(2)18-35-37(32,36-23(26)24(30)27-15-14-22(29)33-3)28-21(16-19-10-6-4-7-11-19)25(31)34-17-20-12-8-5-9-13-20/h4-13,21,23H,14-18H2,1-3H3,(H,27,30)(H,28,32)/t21-,23-,37?/m0/s1. The molecule has 10 nitrogen and oxygen atoms in total. The summed E-state index contributed by atoms with van der Waals surface area (Å²) < 4.78 is 35.0. The summed E-state index contributed by atoms with van der Waals surface area (Å²) in [6, 6.07) is 17.3. The number of nitrogens with one attached hydrogen (secondary N) is 2. The minimum atomic E-state index is -4.11. The summed E-state index contributed by atoms with van der Waals surface area (Å²) in [5.74, 6) is -1.66.